The largest absolute Gasteiger partial charge is 0.455 e. The van der Waals surface area contributed by atoms with Gasteiger partial charge in [0.1, 0.15) is 22.5 Å². The van der Waals surface area contributed by atoms with Gasteiger partial charge >= 0.3 is 0 Å². The summed E-state index contributed by atoms with van der Waals surface area (Å²) in [5, 5.41) is 10.7. The Morgan fingerprint density at radius 2 is 0.891 bits per heavy atom. The van der Waals surface area contributed by atoms with Gasteiger partial charge in [-0.3, -0.25) is 0 Å². The first-order valence-corrected chi connectivity index (χ1v) is 19.5. The van der Waals surface area contributed by atoms with E-state index in [9.17, 15) is 0 Å². The zero-order valence-corrected chi connectivity index (χ0v) is 30.4. The lowest BCUT2D eigenvalue weighted by Crippen LogP contribution is -1.91. The van der Waals surface area contributed by atoms with Crippen molar-refractivity contribution in [2.75, 3.05) is 0 Å². The minimum Gasteiger partial charge on any atom is -0.455 e. The van der Waals surface area contributed by atoms with Crippen LogP contribution in [0.5, 0.6) is 0 Å². The van der Waals surface area contributed by atoms with Crippen molar-refractivity contribution in [1.82, 2.24) is 0 Å². The van der Waals surface area contributed by atoms with Crippen LogP contribution in [0.3, 0.4) is 0 Å². The molecule has 0 aliphatic rings. The van der Waals surface area contributed by atoms with Crippen LogP contribution < -0.4 is 0 Å². The van der Waals surface area contributed by atoms with Crippen LogP contribution in [0.25, 0.3) is 119 Å². The summed E-state index contributed by atoms with van der Waals surface area (Å²) in [6.07, 6.45) is 0. The molecule has 0 unspecified atom stereocenters. The monoisotopic (exact) mass is 718 g/mol. The van der Waals surface area contributed by atoms with E-state index in [1.54, 1.807) is 0 Å². The van der Waals surface area contributed by atoms with E-state index in [0.29, 0.717) is 0 Å². The van der Waals surface area contributed by atoms with Crippen molar-refractivity contribution in [1.29, 1.82) is 0 Å². The van der Waals surface area contributed by atoms with Gasteiger partial charge in [-0.25, -0.2) is 0 Å². The van der Waals surface area contributed by atoms with Gasteiger partial charge in [0, 0.05) is 58.6 Å². The molecule has 9 aromatic carbocycles. The molecule has 55 heavy (non-hydrogen) atoms. The molecule has 12 aromatic rings. The van der Waals surface area contributed by atoms with Gasteiger partial charge in [-0.2, -0.15) is 0 Å². The van der Waals surface area contributed by atoms with Crippen molar-refractivity contribution in [3.8, 4) is 44.7 Å². The van der Waals surface area contributed by atoms with E-state index >= 15 is 0 Å². The Bertz CT molecular complexity index is 3420. The Morgan fingerprint density at radius 1 is 0.327 bits per heavy atom. The van der Waals surface area contributed by atoms with E-state index in [0.717, 1.165) is 60.9 Å². The Morgan fingerprint density at radius 3 is 1.60 bits per heavy atom. The van der Waals surface area contributed by atoms with Gasteiger partial charge in [0.25, 0.3) is 0 Å². The lowest BCUT2D eigenvalue weighted by Gasteiger charge is -2.18. The summed E-state index contributed by atoms with van der Waals surface area (Å²) >= 11 is 1.87. The Balaban J connectivity index is 1.15. The summed E-state index contributed by atoms with van der Waals surface area (Å²) in [7, 11) is 0. The SMILES string of the molecule is c1ccc(-c2oc3ccc4oc5c(-c6c7ccccc7c(-c7ccc8c(c7)sc7ccccc78)c7ccccc67)cccc5c4c3c2-c2ccccc2)cc1. The maximum atomic E-state index is 7.00. The standard InChI is InChI=1S/C52H30O2S/c1-3-14-31(15-4-1)47-50-43(53-51(47)32-16-5-2-6-17-32)29-28-42-49(50)41-24-13-23-40(52(41)54-42)48-38-21-9-7-19-36(38)46(37-20-8-10-22-39(37)48)33-26-27-35-34-18-11-12-25-44(34)55-45(35)30-33/h1-30H. The third-order valence-electron chi connectivity index (χ3n) is 11.3. The van der Waals surface area contributed by atoms with Crippen LogP contribution in [-0.2, 0) is 0 Å². The zero-order valence-electron chi connectivity index (χ0n) is 29.5. The first kappa shape index (κ1) is 30.5. The highest BCUT2D eigenvalue weighted by molar-refractivity contribution is 7.25. The number of para-hydroxylation sites is 1. The quantitative estimate of drug-likeness (QED) is 0.169. The molecule has 256 valence electrons. The zero-order chi connectivity index (χ0) is 36.0. The van der Waals surface area contributed by atoms with Gasteiger partial charge in [-0.15, -0.1) is 11.3 Å². The fourth-order valence-corrected chi connectivity index (χ4v) is 10.1. The summed E-state index contributed by atoms with van der Waals surface area (Å²) in [4.78, 5) is 0. The molecule has 3 heteroatoms. The topological polar surface area (TPSA) is 26.3 Å². The predicted molar refractivity (Wildman–Crippen MR) is 233 cm³/mol. The molecule has 3 heterocycles. The Hall–Kier alpha value is -6.94. The first-order valence-electron chi connectivity index (χ1n) is 18.7. The maximum Gasteiger partial charge on any atom is 0.143 e. The van der Waals surface area contributed by atoms with Crippen molar-refractivity contribution >= 4 is 86.0 Å². The third-order valence-corrected chi connectivity index (χ3v) is 12.4. The van der Waals surface area contributed by atoms with Crippen LogP contribution in [0.4, 0.5) is 0 Å². The lowest BCUT2D eigenvalue weighted by molar-refractivity contribution is 0.632. The second-order valence-electron chi connectivity index (χ2n) is 14.3. The summed E-state index contributed by atoms with van der Waals surface area (Å²) < 4.78 is 16.4. The fourth-order valence-electron chi connectivity index (χ4n) is 8.96. The van der Waals surface area contributed by atoms with Crippen molar-refractivity contribution in [2.24, 2.45) is 0 Å². The summed E-state index contributed by atoms with van der Waals surface area (Å²) in [6.45, 7) is 0. The summed E-state index contributed by atoms with van der Waals surface area (Å²) in [5.74, 6) is 0.862. The molecule has 0 saturated carbocycles. The van der Waals surface area contributed by atoms with Crippen LogP contribution in [0.15, 0.2) is 191 Å². The number of benzene rings is 9. The number of hydrogen-bond donors (Lipinski definition) is 0. The molecule has 0 aliphatic heterocycles. The van der Waals surface area contributed by atoms with Gasteiger partial charge < -0.3 is 8.83 Å². The minimum atomic E-state index is 0.842. The third kappa shape index (κ3) is 4.48. The smallest absolute Gasteiger partial charge is 0.143 e. The van der Waals surface area contributed by atoms with E-state index in [-0.39, 0.29) is 0 Å². The van der Waals surface area contributed by atoms with Crippen LogP contribution in [0.1, 0.15) is 0 Å². The van der Waals surface area contributed by atoms with Gasteiger partial charge in [0.15, 0.2) is 0 Å². The lowest BCUT2D eigenvalue weighted by atomic mass is 9.85. The highest BCUT2D eigenvalue weighted by atomic mass is 32.1. The predicted octanol–water partition coefficient (Wildman–Crippen LogP) is 15.7. The molecule has 0 saturated heterocycles. The molecule has 0 spiro atoms. The second-order valence-corrected chi connectivity index (χ2v) is 15.4. The van der Waals surface area contributed by atoms with Crippen LogP contribution in [0, 0.1) is 0 Å². The molecule has 2 nitrogen and oxygen atoms in total. The van der Waals surface area contributed by atoms with Crippen molar-refractivity contribution < 1.29 is 8.83 Å². The molecule has 12 rings (SSSR count). The molecular weight excluding hydrogens is 689 g/mol. The average Bonchev–Trinajstić information content (AvgIpc) is 3.94. The number of thiophene rings is 1. The van der Waals surface area contributed by atoms with Crippen LogP contribution in [-0.4, -0.2) is 0 Å². The van der Waals surface area contributed by atoms with Gasteiger partial charge in [-0.1, -0.05) is 158 Å². The minimum absolute atomic E-state index is 0.842. The van der Waals surface area contributed by atoms with Crippen molar-refractivity contribution in [3.63, 3.8) is 0 Å². The second kappa shape index (κ2) is 11.8. The van der Waals surface area contributed by atoms with E-state index in [2.05, 4.69) is 176 Å². The Labute approximate surface area is 320 Å². The molecule has 0 fully saturated rings. The molecule has 0 N–H and O–H groups in total. The summed E-state index contributed by atoms with van der Waals surface area (Å²) in [6, 6.07) is 65.2. The van der Waals surface area contributed by atoms with Crippen LogP contribution in [0.2, 0.25) is 0 Å². The Kier molecular flexibility index (Phi) is 6.54. The van der Waals surface area contributed by atoms with E-state index < -0.39 is 0 Å². The summed E-state index contributed by atoms with van der Waals surface area (Å²) in [5.41, 5.74) is 10.5. The van der Waals surface area contributed by atoms with Gasteiger partial charge in [0.2, 0.25) is 0 Å². The fraction of sp³-hybridized carbons (Fsp3) is 0. The van der Waals surface area contributed by atoms with Gasteiger partial charge in [-0.05, 0) is 62.5 Å². The molecular formula is C52H30O2S. The normalized spacial score (nSPS) is 12.0. The van der Waals surface area contributed by atoms with E-state index in [4.69, 9.17) is 8.83 Å². The average molecular weight is 719 g/mol. The van der Waals surface area contributed by atoms with Crippen LogP contribution >= 0.6 is 11.3 Å². The van der Waals surface area contributed by atoms with Crippen molar-refractivity contribution in [2.45, 2.75) is 0 Å². The molecule has 3 aromatic heterocycles. The number of furan rings is 2. The first-order chi connectivity index (χ1) is 27.3. The molecule has 0 radical (unpaired) electrons. The number of rotatable bonds is 4. The van der Waals surface area contributed by atoms with E-state index in [1.807, 2.05) is 17.4 Å². The van der Waals surface area contributed by atoms with Crippen molar-refractivity contribution in [3.05, 3.63) is 182 Å². The molecule has 0 amide bonds. The van der Waals surface area contributed by atoms with Gasteiger partial charge in [0.05, 0.1) is 0 Å². The highest BCUT2D eigenvalue weighted by Crippen LogP contribution is 2.50. The molecule has 0 atom stereocenters. The highest BCUT2D eigenvalue weighted by Gasteiger charge is 2.25. The molecule has 0 aliphatic carbocycles. The van der Waals surface area contributed by atoms with E-state index in [1.165, 1.54) is 58.4 Å². The number of fused-ring (bicyclic) bond motifs is 10. The maximum absolute atomic E-state index is 7.00. The molecule has 0 bridgehead atoms. The number of hydrogen-bond acceptors (Lipinski definition) is 3.